The fourth-order valence-electron chi connectivity index (χ4n) is 5.41. The van der Waals surface area contributed by atoms with Gasteiger partial charge in [0.05, 0.1) is 35.9 Å². The van der Waals surface area contributed by atoms with E-state index < -0.39 is 17.7 Å². The number of aryl methyl sites for hydroxylation is 1. The molecule has 2 atom stereocenters. The minimum atomic E-state index is -0.629. The Balaban J connectivity index is 1.84. The van der Waals surface area contributed by atoms with Crippen LogP contribution in [0.3, 0.4) is 0 Å². The minimum absolute atomic E-state index is 0.0623. The van der Waals surface area contributed by atoms with Crippen LogP contribution in [0, 0.1) is 12.8 Å². The molecule has 0 radical (unpaired) electrons. The summed E-state index contributed by atoms with van der Waals surface area (Å²) in [6.45, 7) is 12.2. The highest BCUT2D eigenvalue weighted by Crippen LogP contribution is 2.34. The number of nitrogens with zero attached hydrogens (tertiary/aromatic N) is 4. The second-order valence-corrected chi connectivity index (χ2v) is 12.8. The van der Waals surface area contributed by atoms with Crippen molar-refractivity contribution in [2.75, 3.05) is 20.2 Å². The van der Waals surface area contributed by atoms with Crippen molar-refractivity contribution in [2.45, 2.75) is 72.6 Å². The molecule has 0 bridgehead atoms. The third kappa shape index (κ3) is 8.09. The van der Waals surface area contributed by atoms with Crippen LogP contribution in [0.25, 0.3) is 5.52 Å². The van der Waals surface area contributed by atoms with Gasteiger partial charge in [-0.15, -0.1) is 0 Å². The van der Waals surface area contributed by atoms with Crippen LogP contribution in [-0.4, -0.2) is 56.9 Å². The third-order valence-electron chi connectivity index (χ3n) is 7.88. The first-order valence-corrected chi connectivity index (χ1v) is 16.0. The number of halogens is 1. The summed E-state index contributed by atoms with van der Waals surface area (Å²) in [4.78, 5) is 42.7. The normalized spacial score (nSPS) is 12.9. The number of carbonyl (C=O) groups excluding carboxylic acids is 2. The van der Waals surface area contributed by atoms with Crippen molar-refractivity contribution in [1.29, 1.82) is 0 Å². The minimum Gasteiger partial charge on any atom is -0.497 e. The summed E-state index contributed by atoms with van der Waals surface area (Å²) in [7, 11) is 1.57. The average Bonchev–Trinajstić information content (AvgIpc) is 3.32. The number of methoxy groups -OCH3 is 1. The predicted molar refractivity (Wildman–Crippen MR) is 180 cm³/mol. The molecule has 2 aromatic carbocycles. The van der Waals surface area contributed by atoms with Crippen LogP contribution in [0.1, 0.15) is 80.8 Å². The molecule has 0 unspecified atom stereocenters. The van der Waals surface area contributed by atoms with Gasteiger partial charge in [0.15, 0.2) is 0 Å². The topological polar surface area (TPSA) is 107 Å². The molecule has 0 spiro atoms. The van der Waals surface area contributed by atoms with E-state index in [0.717, 1.165) is 12.0 Å². The van der Waals surface area contributed by atoms with Crippen LogP contribution in [0.4, 0.5) is 4.79 Å². The number of rotatable bonds is 12. The summed E-state index contributed by atoms with van der Waals surface area (Å²) in [5.74, 6) is 0.364. The van der Waals surface area contributed by atoms with Crippen molar-refractivity contribution >= 4 is 29.1 Å². The summed E-state index contributed by atoms with van der Waals surface area (Å²) in [5, 5.41) is 7.62. The number of fused-ring (bicyclic) bond motifs is 1. The molecule has 0 saturated heterocycles. The first-order valence-electron chi connectivity index (χ1n) is 15.6. The average molecular weight is 650 g/mol. The van der Waals surface area contributed by atoms with Gasteiger partial charge in [0.1, 0.15) is 11.4 Å². The Morgan fingerprint density at radius 1 is 1.09 bits per heavy atom. The lowest BCUT2D eigenvalue weighted by molar-refractivity contribution is 0.0518. The van der Waals surface area contributed by atoms with E-state index in [1.807, 2.05) is 36.4 Å². The number of carbonyl (C=O) groups is 2. The Bertz CT molecular complexity index is 1710. The number of hydrogen-bond acceptors (Lipinski definition) is 6. The van der Waals surface area contributed by atoms with E-state index in [0.29, 0.717) is 46.2 Å². The Kier molecular flexibility index (Phi) is 11.2. The van der Waals surface area contributed by atoms with E-state index in [-0.39, 0.29) is 30.6 Å². The van der Waals surface area contributed by atoms with Crippen LogP contribution < -0.4 is 15.7 Å². The van der Waals surface area contributed by atoms with Crippen LogP contribution in [-0.2, 0) is 11.3 Å². The van der Waals surface area contributed by atoms with Crippen LogP contribution in [0.15, 0.2) is 65.5 Å². The van der Waals surface area contributed by atoms with Crippen LogP contribution in [0.5, 0.6) is 5.75 Å². The highest BCUT2D eigenvalue weighted by Gasteiger charge is 2.33. The van der Waals surface area contributed by atoms with Gasteiger partial charge >= 0.3 is 11.8 Å². The molecule has 11 heteroatoms. The van der Waals surface area contributed by atoms with Gasteiger partial charge in [0, 0.05) is 24.3 Å². The molecule has 10 nitrogen and oxygen atoms in total. The van der Waals surface area contributed by atoms with Gasteiger partial charge in [-0.25, -0.2) is 9.59 Å². The lowest BCUT2D eigenvalue weighted by Crippen LogP contribution is -2.43. The molecular weight excluding hydrogens is 606 g/mol. The summed E-state index contributed by atoms with van der Waals surface area (Å²) < 4.78 is 13.7. The van der Waals surface area contributed by atoms with Crippen LogP contribution in [0.2, 0.25) is 5.02 Å². The molecule has 2 amide bonds. The van der Waals surface area contributed by atoms with E-state index in [4.69, 9.17) is 21.1 Å². The van der Waals surface area contributed by atoms with E-state index in [2.05, 4.69) is 24.3 Å². The SMILES string of the molecule is CC[C@H](C)[C@@H](c1cc2c(Cl)c(C)nn2c(=O)n1Cc1ccccc1)N(CCCNC(=O)OC(C)(C)C)C(=O)c1ccc(OC)cc1. The molecule has 0 aliphatic carbocycles. The van der Waals surface area contributed by atoms with Crippen molar-refractivity contribution in [3.8, 4) is 5.75 Å². The molecule has 4 aromatic rings. The largest absolute Gasteiger partial charge is 0.497 e. The quantitative estimate of drug-likeness (QED) is 0.172. The number of alkyl carbamates (subject to hydrolysis) is 1. The lowest BCUT2D eigenvalue weighted by atomic mass is 9.92. The second kappa shape index (κ2) is 14.9. The Hall–Kier alpha value is -4.31. The number of aromatic nitrogens is 3. The fraction of sp³-hybridized carbons (Fsp3) is 0.429. The van der Waals surface area contributed by atoms with E-state index in [9.17, 15) is 14.4 Å². The van der Waals surface area contributed by atoms with Crippen molar-refractivity contribution in [2.24, 2.45) is 5.92 Å². The predicted octanol–water partition coefficient (Wildman–Crippen LogP) is 6.66. The summed E-state index contributed by atoms with van der Waals surface area (Å²) >= 11 is 6.68. The number of nitrogens with one attached hydrogen (secondary N) is 1. The third-order valence-corrected chi connectivity index (χ3v) is 8.34. The first kappa shape index (κ1) is 34.6. The molecule has 2 heterocycles. The zero-order chi connectivity index (χ0) is 33.6. The molecule has 1 N–H and O–H groups in total. The molecule has 246 valence electrons. The number of amides is 2. The fourth-order valence-corrected chi connectivity index (χ4v) is 5.58. The standard InChI is InChI=1S/C35H44ClN5O5/c1-8-23(2)31(29-21-28-30(36)24(3)38-41(28)34(44)40(29)22-25-13-10-9-11-14-25)39(20-12-19-37-33(43)46-35(4,5)6)32(42)26-15-17-27(45-7)18-16-26/h9-11,13-18,21,23,31H,8,12,19-20,22H2,1-7H3,(H,37,43)/t23-,31-/m0/s1. The number of hydrogen-bond donors (Lipinski definition) is 1. The van der Waals surface area contributed by atoms with Gasteiger partial charge in [0.25, 0.3) is 5.91 Å². The number of benzene rings is 2. The van der Waals surface area contributed by atoms with Crippen molar-refractivity contribution in [3.63, 3.8) is 0 Å². The second-order valence-electron chi connectivity index (χ2n) is 12.5. The molecule has 4 rings (SSSR count). The van der Waals surface area contributed by atoms with Gasteiger partial charge in [-0.2, -0.15) is 9.61 Å². The van der Waals surface area contributed by atoms with Crippen molar-refractivity contribution in [1.82, 2.24) is 24.4 Å². The first-order chi connectivity index (χ1) is 21.8. The van der Waals surface area contributed by atoms with Gasteiger partial charge in [-0.05, 0) is 75.9 Å². The molecule has 2 aromatic heterocycles. The molecule has 0 aliphatic rings. The smallest absolute Gasteiger partial charge is 0.407 e. The van der Waals surface area contributed by atoms with Crippen LogP contribution >= 0.6 is 11.6 Å². The Morgan fingerprint density at radius 3 is 2.37 bits per heavy atom. The zero-order valence-corrected chi connectivity index (χ0v) is 28.4. The zero-order valence-electron chi connectivity index (χ0n) is 27.7. The maximum atomic E-state index is 14.4. The number of ether oxygens (including phenoxy) is 2. The summed E-state index contributed by atoms with van der Waals surface area (Å²) in [5.41, 5.74) is 2.11. The van der Waals surface area contributed by atoms with Gasteiger partial charge in [0.2, 0.25) is 0 Å². The molecule has 0 saturated carbocycles. The Labute approximate surface area is 275 Å². The molecule has 0 fully saturated rings. The maximum absolute atomic E-state index is 14.4. The summed E-state index contributed by atoms with van der Waals surface area (Å²) in [6.07, 6.45) is 0.655. The monoisotopic (exact) mass is 649 g/mol. The van der Waals surface area contributed by atoms with E-state index in [1.165, 1.54) is 4.52 Å². The maximum Gasteiger partial charge on any atom is 0.407 e. The van der Waals surface area contributed by atoms with Gasteiger partial charge in [-0.1, -0.05) is 62.2 Å². The molecular formula is C35H44ClN5O5. The molecule has 46 heavy (non-hydrogen) atoms. The highest BCUT2D eigenvalue weighted by molar-refractivity contribution is 6.34. The summed E-state index contributed by atoms with van der Waals surface area (Å²) in [6, 6.07) is 18.0. The molecule has 0 aliphatic heterocycles. The lowest BCUT2D eigenvalue weighted by Gasteiger charge is -2.37. The van der Waals surface area contributed by atoms with Gasteiger partial charge < -0.3 is 19.7 Å². The van der Waals surface area contributed by atoms with E-state index in [1.54, 1.807) is 68.5 Å². The van der Waals surface area contributed by atoms with Crippen molar-refractivity contribution in [3.05, 3.63) is 98.7 Å². The van der Waals surface area contributed by atoms with Gasteiger partial charge in [-0.3, -0.25) is 9.36 Å². The Morgan fingerprint density at radius 2 is 1.76 bits per heavy atom. The van der Waals surface area contributed by atoms with E-state index >= 15 is 0 Å². The highest BCUT2D eigenvalue weighted by atomic mass is 35.5. The van der Waals surface area contributed by atoms with Crippen molar-refractivity contribution < 1.29 is 19.1 Å².